The van der Waals surface area contributed by atoms with Gasteiger partial charge in [0.15, 0.2) is 0 Å². The fourth-order valence-electron chi connectivity index (χ4n) is 5.88. The number of hydrogen-bond donors (Lipinski definition) is 1. The van der Waals surface area contributed by atoms with Gasteiger partial charge in [-0.2, -0.15) is 10.4 Å². The maximum Gasteiger partial charge on any atom is 0.137 e. The van der Waals surface area contributed by atoms with E-state index >= 15 is 0 Å². The molecule has 0 amide bonds. The molecule has 3 aliphatic rings. The summed E-state index contributed by atoms with van der Waals surface area (Å²) < 4.78 is 30.3. The first-order chi connectivity index (χ1) is 14.8. The van der Waals surface area contributed by atoms with E-state index < -0.39 is 17.2 Å². The van der Waals surface area contributed by atoms with Crippen LogP contribution >= 0.6 is 0 Å². The second kappa shape index (κ2) is 6.69. The molecule has 0 aliphatic heterocycles. The summed E-state index contributed by atoms with van der Waals surface area (Å²) in [6.45, 7) is 1.91. The second-order valence-electron chi connectivity index (χ2n) is 9.23. The highest BCUT2D eigenvalue weighted by atomic mass is 19.1. The molecule has 6 rings (SSSR count). The molecule has 3 saturated carbocycles. The Morgan fingerprint density at radius 3 is 2.52 bits per heavy atom. The van der Waals surface area contributed by atoms with E-state index in [1.807, 2.05) is 31.2 Å². The van der Waals surface area contributed by atoms with Crippen LogP contribution < -0.4 is 0 Å². The van der Waals surface area contributed by atoms with Crippen LogP contribution in [0.1, 0.15) is 42.9 Å². The van der Waals surface area contributed by atoms with Crippen molar-refractivity contribution >= 4 is 0 Å². The molecule has 3 aliphatic carbocycles. The lowest BCUT2D eigenvalue weighted by atomic mass is 9.29. The number of nitrogens with zero attached hydrogens (tertiary/aromatic N) is 4. The molecule has 1 N–H and O–H groups in total. The van der Waals surface area contributed by atoms with Gasteiger partial charge in [-0.05, 0) is 71.9 Å². The molecule has 3 fully saturated rings. The third-order valence-electron chi connectivity index (χ3n) is 7.60. The van der Waals surface area contributed by atoms with Gasteiger partial charge in [0.05, 0.1) is 18.2 Å². The highest BCUT2D eigenvalue weighted by Gasteiger charge is 2.72. The van der Waals surface area contributed by atoms with Gasteiger partial charge in [0.2, 0.25) is 0 Å². The zero-order chi connectivity index (χ0) is 21.9. The van der Waals surface area contributed by atoms with Gasteiger partial charge >= 0.3 is 0 Å². The van der Waals surface area contributed by atoms with E-state index in [0.29, 0.717) is 5.56 Å². The highest BCUT2D eigenvalue weighted by Crippen LogP contribution is 2.78. The molecule has 2 bridgehead atoms. The molecule has 0 saturated heterocycles. The molecule has 31 heavy (non-hydrogen) atoms. The van der Waals surface area contributed by atoms with Crippen LogP contribution in [0.3, 0.4) is 0 Å². The van der Waals surface area contributed by atoms with E-state index in [1.54, 1.807) is 0 Å². The summed E-state index contributed by atoms with van der Waals surface area (Å²) in [5.74, 6) is -1.56. The highest BCUT2D eigenvalue weighted by molar-refractivity contribution is 5.43. The quantitative estimate of drug-likeness (QED) is 0.652. The van der Waals surface area contributed by atoms with Crippen molar-refractivity contribution in [1.29, 1.82) is 5.26 Å². The van der Waals surface area contributed by atoms with Crippen LogP contribution in [0, 0.1) is 34.3 Å². The Kier molecular flexibility index (Phi) is 4.28. The summed E-state index contributed by atoms with van der Waals surface area (Å²) in [6.07, 6.45) is 5.42. The largest absolute Gasteiger partial charge is 0.383 e. The average Bonchev–Trinajstić information content (AvgIpc) is 3.21. The zero-order valence-corrected chi connectivity index (χ0v) is 17.1. The van der Waals surface area contributed by atoms with Crippen LogP contribution in [0.4, 0.5) is 8.78 Å². The van der Waals surface area contributed by atoms with Crippen LogP contribution in [0.15, 0.2) is 55.1 Å². The normalized spacial score (nSPS) is 26.8. The molecule has 0 spiro atoms. The maximum absolute atomic E-state index is 14.8. The Balaban J connectivity index is 1.46. The minimum Gasteiger partial charge on any atom is -0.383 e. The Labute approximate surface area is 179 Å². The molecule has 1 heterocycles. The SMILES string of the molecule is CC(C12CC(c3ccc(C#N)cc3)(C1)C2)C(O)(Cn1cncn1)c1cc(F)ccc1F. The van der Waals surface area contributed by atoms with Crippen LogP contribution in [0.2, 0.25) is 0 Å². The van der Waals surface area contributed by atoms with Gasteiger partial charge in [0, 0.05) is 5.56 Å². The standard InChI is InChI=1S/C24H22F2N4O/c1-16(22-10-23(11-22,12-22)18-4-2-17(9-27)3-5-18)24(31,13-30-15-28-14-29-30)20-8-19(25)6-7-21(20)26/h2-8,14-16,31H,10-13H2,1H3. The molecule has 2 aromatic carbocycles. The molecule has 3 aromatic rings. The van der Waals surface area contributed by atoms with E-state index in [9.17, 15) is 13.9 Å². The lowest BCUT2D eigenvalue weighted by Gasteiger charge is -2.75. The van der Waals surface area contributed by atoms with Gasteiger partial charge in [-0.15, -0.1) is 0 Å². The van der Waals surface area contributed by atoms with Crippen molar-refractivity contribution in [3.05, 3.63) is 83.4 Å². The number of aromatic nitrogens is 3. The molecular weight excluding hydrogens is 398 g/mol. The number of aliphatic hydroxyl groups is 1. The van der Waals surface area contributed by atoms with Crippen LogP contribution in [-0.4, -0.2) is 19.9 Å². The fourth-order valence-corrected chi connectivity index (χ4v) is 5.88. The minimum absolute atomic E-state index is 0.0137. The average molecular weight is 420 g/mol. The third-order valence-corrected chi connectivity index (χ3v) is 7.60. The number of rotatable bonds is 6. The molecule has 0 radical (unpaired) electrons. The van der Waals surface area contributed by atoms with E-state index in [1.165, 1.54) is 22.9 Å². The van der Waals surface area contributed by atoms with Gasteiger partial charge < -0.3 is 5.11 Å². The number of hydrogen-bond acceptors (Lipinski definition) is 4. The first-order valence-electron chi connectivity index (χ1n) is 10.3. The van der Waals surface area contributed by atoms with E-state index in [0.717, 1.165) is 37.5 Å². The summed E-state index contributed by atoms with van der Waals surface area (Å²) >= 11 is 0. The van der Waals surface area contributed by atoms with Crippen LogP contribution in [0.5, 0.6) is 0 Å². The monoisotopic (exact) mass is 420 g/mol. The third kappa shape index (κ3) is 2.89. The van der Waals surface area contributed by atoms with E-state index in [-0.39, 0.29) is 28.9 Å². The number of benzene rings is 2. The van der Waals surface area contributed by atoms with E-state index in [2.05, 4.69) is 16.2 Å². The van der Waals surface area contributed by atoms with Crippen molar-refractivity contribution in [1.82, 2.24) is 14.8 Å². The van der Waals surface area contributed by atoms with Gasteiger partial charge in [0.25, 0.3) is 0 Å². The summed E-state index contributed by atoms with van der Waals surface area (Å²) in [6, 6.07) is 13.0. The predicted molar refractivity (Wildman–Crippen MR) is 109 cm³/mol. The van der Waals surface area contributed by atoms with Crippen molar-refractivity contribution < 1.29 is 13.9 Å². The lowest BCUT2D eigenvalue weighted by Crippen LogP contribution is -2.70. The van der Waals surface area contributed by atoms with E-state index in [4.69, 9.17) is 5.26 Å². The molecule has 158 valence electrons. The molecule has 2 atom stereocenters. The number of nitriles is 1. The van der Waals surface area contributed by atoms with Gasteiger partial charge in [-0.25, -0.2) is 18.4 Å². The Hall–Kier alpha value is -3.11. The van der Waals surface area contributed by atoms with Crippen molar-refractivity contribution in [2.45, 2.75) is 43.7 Å². The molecular formula is C24H22F2N4O. The summed E-state index contributed by atoms with van der Waals surface area (Å²) in [5.41, 5.74) is 0.00270. The molecule has 2 unspecified atom stereocenters. The predicted octanol–water partition coefficient (Wildman–Crippen LogP) is 4.07. The first-order valence-corrected chi connectivity index (χ1v) is 10.3. The second-order valence-corrected chi connectivity index (χ2v) is 9.23. The van der Waals surface area contributed by atoms with Crippen LogP contribution in [0.25, 0.3) is 0 Å². The molecule has 1 aromatic heterocycles. The Bertz CT molecular complexity index is 1150. The van der Waals surface area contributed by atoms with Crippen molar-refractivity contribution in [2.75, 3.05) is 0 Å². The topological polar surface area (TPSA) is 74.7 Å². The summed E-state index contributed by atoms with van der Waals surface area (Å²) in [5, 5.41) is 25.0. The summed E-state index contributed by atoms with van der Waals surface area (Å²) in [4.78, 5) is 3.92. The van der Waals surface area contributed by atoms with Crippen molar-refractivity contribution in [3.8, 4) is 6.07 Å². The molecule has 7 heteroatoms. The smallest absolute Gasteiger partial charge is 0.137 e. The van der Waals surface area contributed by atoms with Crippen LogP contribution in [-0.2, 0) is 17.6 Å². The first kappa shape index (κ1) is 19.8. The zero-order valence-electron chi connectivity index (χ0n) is 17.1. The minimum atomic E-state index is -1.64. The Morgan fingerprint density at radius 1 is 1.19 bits per heavy atom. The molecule has 5 nitrogen and oxygen atoms in total. The van der Waals surface area contributed by atoms with Gasteiger partial charge in [-0.3, -0.25) is 0 Å². The lowest BCUT2D eigenvalue weighted by molar-refractivity contribution is -0.231. The van der Waals surface area contributed by atoms with Gasteiger partial charge in [0.1, 0.15) is 29.9 Å². The van der Waals surface area contributed by atoms with Crippen molar-refractivity contribution in [3.63, 3.8) is 0 Å². The fraction of sp³-hybridized carbons (Fsp3) is 0.375. The van der Waals surface area contributed by atoms with Crippen molar-refractivity contribution in [2.24, 2.45) is 11.3 Å². The maximum atomic E-state index is 14.8. The Morgan fingerprint density at radius 2 is 1.90 bits per heavy atom. The summed E-state index contributed by atoms with van der Waals surface area (Å²) in [7, 11) is 0. The number of halogens is 2. The van der Waals surface area contributed by atoms with Gasteiger partial charge in [-0.1, -0.05) is 19.1 Å².